The highest BCUT2D eigenvalue weighted by molar-refractivity contribution is 7.15. The van der Waals surface area contributed by atoms with Crippen LogP contribution in [0.4, 0.5) is 9.18 Å². The van der Waals surface area contributed by atoms with Crippen LogP contribution in [0.5, 0.6) is 0 Å². The van der Waals surface area contributed by atoms with Crippen molar-refractivity contribution in [3.05, 3.63) is 54.8 Å². The quantitative estimate of drug-likeness (QED) is 0.540. The first-order chi connectivity index (χ1) is 16.0. The second-order valence-electron chi connectivity index (χ2n) is 10.2. The molecule has 0 radical (unpaired) electrons. The molecule has 180 valence electrons. The predicted octanol–water partition coefficient (Wildman–Crippen LogP) is 5.10. The molecule has 2 heterocycles. The van der Waals surface area contributed by atoms with Crippen LogP contribution in [0.15, 0.2) is 21.7 Å². The summed E-state index contributed by atoms with van der Waals surface area (Å²) in [5.74, 6) is -0.494. The third-order valence-corrected chi connectivity index (χ3v) is 7.68. The van der Waals surface area contributed by atoms with Crippen LogP contribution in [0.2, 0.25) is 0 Å². The third-order valence-electron chi connectivity index (χ3n) is 6.37. The lowest BCUT2D eigenvalue weighted by atomic mass is 9.94. The van der Waals surface area contributed by atoms with Gasteiger partial charge in [-0.3, -0.25) is 14.3 Å². The van der Waals surface area contributed by atoms with E-state index in [-0.39, 0.29) is 17.5 Å². The normalized spacial score (nSPS) is 18.1. The Morgan fingerprint density at radius 3 is 2.65 bits per heavy atom. The van der Waals surface area contributed by atoms with Crippen molar-refractivity contribution >= 4 is 28.3 Å². The first kappa shape index (κ1) is 22.8. The van der Waals surface area contributed by atoms with Gasteiger partial charge in [0.1, 0.15) is 11.4 Å². The van der Waals surface area contributed by atoms with Crippen LogP contribution in [0.3, 0.4) is 0 Å². The molecule has 3 aromatic rings. The Balaban J connectivity index is 1.60. The van der Waals surface area contributed by atoms with Crippen LogP contribution < -0.4 is 16.6 Å². The standard InChI is InChI=1S/C25H28FN3O4S/c1-12-19(16(26)11-15-20(12)29(14-8-9-14)23(31)28-22(15)30)18-10-13-6-5-7-17(21(13)34-18)27-24(32)33-25(2,3)4/h10-11,14,17H,5-9H2,1-4H3,(H,27,32)(H,28,30,31). The minimum Gasteiger partial charge on any atom is -0.444 e. The average Bonchev–Trinajstić information content (AvgIpc) is 3.46. The molecule has 9 heteroatoms. The van der Waals surface area contributed by atoms with Crippen molar-refractivity contribution < 1.29 is 13.9 Å². The molecule has 2 aliphatic carbocycles. The SMILES string of the molecule is Cc1c(-c2cc3c(s2)C(NC(=O)OC(C)(C)C)CCC3)c(F)cc2c(=O)[nH]c(=O)n(C3CC3)c12. The van der Waals surface area contributed by atoms with E-state index in [1.807, 2.05) is 26.8 Å². The van der Waals surface area contributed by atoms with Gasteiger partial charge in [0, 0.05) is 21.4 Å². The summed E-state index contributed by atoms with van der Waals surface area (Å²) in [6, 6.07) is 3.05. The van der Waals surface area contributed by atoms with Crippen molar-refractivity contribution in [1.29, 1.82) is 0 Å². The minimum atomic E-state index is -0.595. The van der Waals surface area contributed by atoms with Crippen molar-refractivity contribution in [2.75, 3.05) is 0 Å². The van der Waals surface area contributed by atoms with E-state index in [9.17, 15) is 14.4 Å². The number of nitrogens with one attached hydrogen (secondary N) is 2. The summed E-state index contributed by atoms with van der Waals surface area (Å²) in [5.41, 5.74) is 0.954. The maximum absolute atomic E-state index is 15.4. The van der Waals surface area contributed by atoms with Crippen molar-refractivity contribution in [3.8, 4) is 10.4 Å². The van der Waals surface area contributed by atoms with E-state index in [2.05, 4.69) is 10.3 Å². The number of alkyl carbamates (subject to hydrolysis) is 1. The largest absolute Gasteiger partial charge is 0.444 e. The second kappa shape index (κ2) is 8.08. The molecule has 0 aliphatic heterocycles. The summed E-state index contributed by atoms with van der Waals surface area (Å²) in [6.07, 6.45) is 3.78. The fourth-order valence-electron chi connectivity index (χ4n) is 4.83. The molecule has 1 fully saturated rings. The number of halogens is 1. The number of rotatable bonds is 3. The number of amides is 1. The molecule has 1 unspecified atom stereocenters. The lowest BCUT2D eigenvalue weighted by Gasteiger charge is -2.26. The number of thiophene rings is 1. The first-order valence-corrected chi connectivity index (χ1v) is 12.5. The van der Waals surface area contributed by atoms with Crippen molar-refractivity contribution in [2.24, 2.45) is 0 Å². The number of fused-ring (bicyclic) bond motifs is 2. The number of benzene rings is 1. The topological polar surface area (TPSA) is 93.2 Å². The van der Waals surface area contributed by atoms with E-state index in [0.29, 0.717) is 16.6 Å². The molecule has 0 bridgehead atoms. The number of aryl methyl sites for hydroxylation is 2. The maximum Gasteiger partial charge on any atom is 0.408 e. The van der Waals surface area contributed by atoms with Crippen molar-refractivity contribution in [3.63, 3.8) is 0 Å². The highest BCUT2D eigenvalue weighted by Crippen LogP contribution is 2.44. The van der Waals surface area contributed by atoms with Crippen molar-refractivity contribution in [2.45, 2.75) is 77.5 Å². The van der Waals surface area contributed by atoms with Gasteiger partial charge in [0.2, 0.25) is 0 Å². The molecule has 2 aromatic heterocycles. The van der Waals surface area contributed by atoms with E-state index in [1.165, 1.54) is 17.4 Å². The van der Waals surface area contributed by atoms with Gasteiger partial charge < -0.3 is 10.1 Å². The summed E-state index contributed by atoms with van der Waals surface area (Å²) in [4.78, 5) is 41.5. The van der Waals surface area contributed by atoms with Gasteiger partial charge in [-0.2, -0.15) is 0 Å². The molecule has 0 saturated heterocycles. The fourth-order valence-corrected chi connectivity index (χ4v) is 6.23. The molecular weight excluding hydrogens is 457 g/mol. The molecule has 7 nitrogen and oxygen atoms in total. The van der Waals surface area contributed by atoms with Gasteiger partial charge in [0.05, 0.1) is 16.9 Å². The summed E-state index contributed by atoms with van der Waals surface area (Å²) in [7, 11) is 0. The Hall–Kier alpha value is -2.94. The van der Waals surface area contributed by atoms with E-state index in [4.69, 9.17) is 4.74 Å². The molecule has 5 rings (SSSR count). The minimum absolute atomic E-state index is 0.0304. The third kappa shape index (κ3) is 4.06. The smallest absolute Gasteiger partial charge is 0.408 e. The van der Waals surface area contributed by atoms with Crippen molar-refractivity contribution in [1.82, 2.24) is 14.9 Å². The molecule has 0 spiro atoms. The molecule has 1 amide bonds. The Bertz CT molecular complexity index is 1430. The van der Waals surface area contributed by atoms with Gasteiger partial charge in [-0.15, -0.1) is 11.3 Å². The van der Waals surface area contributed by atoms with Gasteiger partial charge in [0.15, 0.2) is 0 Å². The maximum atomic E-state index is 15.4. The van der Waals surface area contributed by atoms with E-state index < -0.39 is 28.8 Å². The number of aromatic nitrogens is 2. The molecule has 2 N–H and O–H groups in total. The monoisotopic (exact) mass is 485 g/mol. The number of hydrogen-bond donors (Lipinski definition) is 2. The van der Waals surface area contributed by atoms with E-state index in [0.717, 1.165) is 47.4 Å². The van der Waals surface area contributed by atoms with Gasteiger partial charge in [-0.1, -0.05) is 0 Å². The summed E-state index contributed by atoms with van der Waals surface area (Å²) in [6.45, 7) is 7.23. The number of H-pyrrole nitrogens is 1. The highest BCUT2D eigenvalue weighted by Gasteiger charge is 2.31. The fraction of sp³-hybridized carbons (Fsp3) is 0.480. The lowest BCUT2D eigenvalue weighted by molar-refractivity contribution is 0.0500. The zero-order valence-corrected chi connectivity index (χ0v) is 20.5. The predicted molar refractivity (Wildman–Crippen MR) is 130 cm³/mol. The zero-order chi connectivity index (χ0) is 24.4. The Labute approximate surface area is 200 Å². The molecule has 1 atom stereocenters. The second-order valence-corrected chi connectivity index (χ2v) is 11.3. The van der Waals surface area contributed by atoms with Gasteiger partial charge in [0.25, 0.3) is 5.56 Å². The Morgan fingerprint density at radius 1 is 1.24 bits per heavy atom. The number of carbonyl (C=O) groups is 1. The van der Waals surface area contributed by atoms with Crippen LogP contribution in [0, 0.1) is 12.7 Å². The molecular formula is C25H28FN3O4S. The van der Waals surface area contributed by atoms with Crippen LogP contribution >= 0.6 is 11.3 Å². The number of hydrogen-bond acceptors (Lipinski definition) is 5. The molecule has 1 saturated carbocycles. The van der Waals surface area contributed by atoms with Gasteiger partial charge in [-0.05, 0) is 83.1 Å². The summed E-state index contributed by atoms with van der Waals surface area (Å²) >= 11 is 1.45. The molecule has 34 heavy (non-hydrogen) atoms. The lowest BCUT2D eigenvalue weighted by Crippen LogP contribution is -2.35. The first-order valence-electron chi connectivity index (χ1n) is 11.6. The number of carbonyl (C=O) groups excluding carboxylic acids is 1. The Kier molecular flexibility index (Phi) is 5.42. The van der Waals surface area contributed by atoms with E-state index in [1.54, 1.807) is 11.5 Å². The molecule has 1 aromatic carbocycles. The highest BCUT2D eigenvalue weighted by atomic mass is 32.1. The average molecular weight is 486 g/mol. The summed E-state index contributed by atoms with van der Waals surface area (Å²) in [5, 5.41) is 3.16. The van der Waals surface area contributed by atoms with Gasteiger partial charge in [-0.25, -0.2) is 14.0 Å². The number of aromatic amines is 1. The summed E-state index contributed by atoms with van der Waals surface area (Å²) < 4.78 is 22.5. The zero-order valence-electron chi connectivity index (χ0n) is 19.7. The number of nitrogens with zero attached hydrogens (tertiary/aromatic N) is 1. The van der Waals surface area contributed by atoms with Gasteiger partial charge >= 0.3 is 11.8 Å². The van der Waals surface area contributed by atoms with Crippen LogP contribution in [-0.4, -0.2) is 21.2 Å². The number of ether oxygens (including phenoxy) is 1. The van der Waals surface area contributed by atoms with E-state index >= 15 is 4.39 Å². The van der Waals surface area contributed by atoms with Crippen LogP contribution in [0.1, 0.15) is 74.5 Å². The van der Waals surface area contributed by atoms with Crippen LogP contribution in [-0.2, 0) is 11.2 Å². The van der Waals surface area contributed by atoms with Crippen LogP contribution in [0.25, 0.3) is 21.3 Å². The Morgan fingerprint density at radius 2 is 1.97 bits per heavy atom. The molecule has 2 aliphatic rings.